The lowest BCUT2D eigenvalue weighted by atomic mass is 9.98. The summed E-state index contributed by atoms with van der Waals surface area (Å²) in [7, 11) is 0. The molecule has 0 saturated carbocycles. The third-order valence-electron chi connectivity index (χ3n) is 11.7. The molecule has 0 radical (unpaired) electrons. The van der Waals surface area contributed by atoms with Crippen molar-refractivity contribution in [2.45, 2.75) is 6.92 Å². The molecule has 3 aromatic heterocycles. The number of rotatable bonds is 7. The van der Waals surface area contributed by atoms with Crippen LogP contribution in [-0.2, 0) is 0 Å². The highest BCUT2D eigenvalue weighted by atomic mass is 15.0. The van der Waals surface area contributed by atoms with Crippen molar-refractivity contribution < 1.29 is 0 Å². The van der Waals surface area contributed by atoms with E-state index in [2.05, 4.69) is 214 Å². The van der Waals surface area contributed by atoms with E-state index >= 15 is 0 Å². The summed E-state index contributed by atoms with van der Waals surface area (Å²) in [5.41, 5.74) is 15.0. The minimum atomic E-state index is 0.927. The minimum absolute atomic E-state index is 0.927. The molecule has 11 rings (SSSR count). The van der Waals surface area contributed by atoms with Crippen LogP contribution in [0.2, 0.25) is 0 Å². The molecule has 0 unspecified atom stereocenters. The molecule has 0 N–H and O–H groups in total. The molecule has 0 aliphatic heterocycles. The van der Waals surface area contributed by atoms with Gasteiger partial charge in [-0.1, -0.05) is 146 Å². The molecular formula is C55H39N3. The van der Waals surface area contributed by atoms with Crippen molar-refractivity contribution in [2.24, 2.45) is 0 Å². The fourth-order valence-corrected chi connectivity index (χ4v) is 9.17. The molecule has 8 aromatic carbocycles. The number of para-hydroxylation sites is 4. The number of nitrogens with zero attached hydrogens (tertiary/aromatic N) is 3. The van der Waals surface area contributed by atoms with Gasteiger partial charge in [0.05, 0.1) is 33.1 Å². The first-order chi connectivity index (χ1) is 28.7. The largest absolute Gasteiger partial charge is 0.309 e. The third kappa shape index (κ3) is 5.21. The van der Waals surface area contributed by atoms with Gasteiger partial charge in [-0.3, -0.25) is 0 Å². The highest BCUT2D eigenvalue weighted by Crippen LogP contribution is 2.42. The number of hydrogen-bond acceptors (Lipinski definition) is 0. The molecule has 0 aliphatic carbocycles. The van der Waals surface area contributed by atoms with Crippen molar-refractivity contribution in [2.75, 3.05) is 0 Å². The number of hydrogen-bond donors (Lipinski definition) is 0. The fraction of sp³-hybridized carbons (Fsp3) is 0.0182. The summed E-state index contributed by atoms with van der Waals surface area (Å²) in [4.78, 5) is 0. The Morgan fingerprint density at radius 1 is 0.414 bits per heavy atom. The van der Waals surface area contributed by atoms with E-state index in [4.69, 9.17) is 0 Å². The van der Waals surface area contributed by atoms with Gasteiger partial charge in [0.25, 0.3) is 0 Å². The zero-order chi connectivity index (χ0) is 38.7. The monoisotopic (exact) mass is 741 g/mol. The van der Waals surface area contributed by atoms with Gasteiger partial charge in [0.1, 0.15) is 0 Å². The molecule has 0 amide bonds. The molecular weight excluding hydrogens is 703 g/mol. The van der Waals surface area contributed by atoms with Crippen LogP contribution < -0.4 is 0 Å². The zero-order valence-electron chi connectivity index (χ0n) is 32.2. The average molecular weight is 742 g/mol. The van der Waals surface area contributed by atoms with E-state index in [0.717, 1.165) is 28.1 Å². The number of benzene rings is 8. The second kappa shape index (κ2) is 13.5. The van der Waals surface area contributed by atoms with Crippen LogP contribution in [0.25, 0.3) is 105 Å². The van der Waals surface area contributed by atoms with Gasteiger partial charge in [0, 0.05) is 49.4 Å². The van der Waals surface area contributed by atoms with Gasteiger partial charge in [-0.25, -0.2) is 0 Å². The van der Waals surface area contributed by atoms with Gasteiger partial charge in [-0.2, -0.15) is 0 Å². The first kappa shape index (κ1) is 33.7. The number of fused-ring (bicyclic) bond motifs is 10. The Hall–Kier alpha value is -7.62. The molecule has 3 heteroatoms. The van der Waals surface area contributed by atoms with E-state index in [1.54, 1.807) is 0 Å². The Morgan fingerprint density at radius 2 is 0.879 bits per heavy atom. The van der Waals surface area contributed by atoms with E-state index in [1.807, 2.05) is 19.1 Å². The summed E-state index contributed by atoms with van der Waals surface area (Å²) < 4.78 is 7.14. The first-order valence-corrected chi connectivity index (χ1v) is 19.9. The molecule has 58 heavy (non-hydrogen) atoms. The first-order valence-electron chi connectivity index (χ1n) is 19.9. The van der Waals surface area contributed by atoms with Crippen LogP contribution in [0.4, 0.5) is 0 Å². The number of aromatic nitrogens is 3. The molecule has 0 atom stereocenters. The highest BCUT2D eigenvalue weighted by molar-refractivity contribution is 6.26. The predicted octanol–water partition coefficient (Wildman–Crippen LogP) is 14.9. The van der Waals surface area contributed by atoms with Crippen LogP contribution in [-0.4, -0.2) is 13.7 Å². The van der Waals surface area contributed by atoms with Gasteiger partial charge >= 0.3 is 0 Å². The predicted molar refractivity (Wildman–Crippen MR) is 248 cm³/mol. The summed E-state index contributed by atoms with van der Waals surface area (Å²) in [6.07, 6.45) is 8.25. The Balaban J connectivity index is 1.05. The molecule has 0 spiro atoms. The van der Waals surface area contributed by atoms with Crippen LogP contribution in [0.1, 0.15) is 6.92 Å². The molecule has 3 heterocycles. The van der Waals surface area contributed by atoms with Gasteiger partial charge < -0.3 is 13.7 Å². The SMILES string of the molecule is C=C(/C=C\C=C/C)n1c2ccccc2c2ccc3c(c4ccccc4n3-c3cccc(-c4cccc(-c5cccc(-n6c7ccccc7c7ccccc76)c5)c4)c3)c21. The lowest BCUT2D eigenvalue weighted by molar-refractivity contribution is 1.18. The van der Waals surface area contributed by atoms with Crippen molar-refractivity contribution in [3.05, 3.63) is 213 Å². The van der Waals surface area contributed by atoms with Crippen molar-refractivity contribution in [3.63, 3.8) is 0 Å². The topological polar surface area (TPSA) is 14.8 Å². The van der Waals surface area contributed by atoms with Crippen LogP contribution in [0.15, 0.2) is 213 Å². The van der Waals surface area contributed by atoms with Crippen molar-refractivity contribution >= 4 is 71.1 Å². The van der Waals surface area contributed by atoms with Crippen LogP contribution >= 0.6 is 0 Å². The second-order valence-electron chi connectivity index (χ2n) is 15.0. The smallest absolute Gasteiger partial charge is 0.0641 e. The van der Waals surface area contributed by atoms with E-state index in [1.165, 1.54) is 76.6 Å². The van der Waals surface area contributed by atoms with Crippen molar-refractivity contribution in [3.8, 4) is 33.6 Å². The van der Waals surface area contributed by atoms with Crippen LogP contribution in [0.3, 0.4) is 0 Å². The summed E-state index contributed by atoms with van der Waals surface area (Å²) in [5, 5.41) is 7.42. The molecule has 3 nitrogen and oxygen atoms in total. The van der Waals surface area contributed by atoms with Gasteiger partial charge in [0.2, 0.25) is 0 Å². The Bertz CT molecular complexity index is 3440. The van der Waals surface area contributed by atoms with Gasteiger partial charge in [-0.15, -0.1) is 0 Å². The second-order valence-corrected chi connectivity index (χ2v) is 15.0. The number of allylic oxidation sites excluding steroid dienone is 5. The maximum atomic E-state index is 4.57. The van der Waals surface area contributed by atoms with Gasteiger partial charge in [0.15, 0.2) is 0 Å². The maximum Gasteiger partial charge on any atom is 0.0641 e. The van der Waals surface area contributed by atoms with E-state index in [0.29, 0.717) is 0 Å². The summed E-state index contributed by atoms with van der Waals surface area (Å²) in [5.74, 6) is 0. The van der Waals surface area contributed by atoms with Crippen LogP contribution in [0.5, 0.6) is 0 Å². The lowest BCUT2D eigenvalue weighted by Crippen LogP contribution is -1.95. The summed E-state index contributed by atoms with van der Waals surface area (Å²) in [6.45, 7) is 6.60. The van der Waals surface area contributed by atoms with E-state index in [9.17, 15) is 0 Å². The molecule has 0 bridgehead atoms. The molecule has 11 aromatic rings. The van der Waals surface area contributed by atoms with E-state index < -0.39 is 0 Å². The summed E-state index contributed by atoms with van der Waals surface area (Å²) in [6, 6.07) is 66.3. The standard InChI is InChI=1S/C55H39N3/c1-3-4-5-17-37(2)56-49-28-10-8-26-46(49)47-32-33-53-54(55(47)56)48-27-9-13-31-52(48)58(53)43-23-16-21-41(36-43)39-19-14-18-38(34-39)40-20-15-22-42(35-40)57-50-29-11-6-24-44(50)45-25-7-12-30-51(45)57/h3-36H,2H2,1H3/b4-3-,17-5-. The van der Waals surface area contributed by atoms with Gasteiger partial charge in [-0.05, 0) is 95.9 Å². The molecule has 0 fully saturated rings. The minimum Gasteiger partial charge on any atom is -0.309 e. The third-order valence-corrected chi connectivity index (χ3v) is 11.7. The highest BCUT2D eigenvalue weighted by Gasteiger charge is 2.21. The summed E-state index contributed by atoms with van der Waals surface area (Å²) >= 11 is 0. The molecule has 0 saturated heterocycles. The lowest BCUT2D eigenvalue weighted by Gasteiger charge is -2.13. The van der Waals surface area contributed by atoms with E-state index in [-0.39, 0.29) is 0 Å². The Morgan fingerprint density at radius 3 is 1.47 bits per heavy atom. The fourth-order valence-electron chi connectivity index (χ4n) is 9.17. The normalized spacial score (nSPS) is 12.2. The molecule has 0 aliphatic rings. The Labute approximate surface area is 336 Å². The van der Waals surface area contributed by atoms with Crippen LogP contribution in [0, 0.1) is 0 Å². The quantitative estimate of drug-likeness (QED) is 0.145. The van der Waals surface area contributed by atoms with Crippen molar-refractivity contribution in [1.29, 1.82) is 0 Å². The maximum absolute atomic E-state index is 4.57. The molecule has 274 valence electrons. The van der Waals surface area contributed by atoms with Crippen molar-refractivity contribution in [1.82, 2.24) is 13.7 Å². The zero-order valence-corrected chi connectivity index (χ0v) is 32.2. The Kier molecular flexibility index (Phi) is 7.87. The average Bonchev–Trinajstić information content (AvgIpc) is 3.92.